The second kappa shape index (κ2) is 10.1. The number of allylic oxidation sites excluding steroid dienone is 1. The minimum atomic E-state index is 0.243. The molecular weight excluding hydrogens is 450 g/mol. The smallest absolute Gasteiger partial charge is 0.231 e. The zero-order valence-electron chi connectivity index (χ0n) is 20.9. The lowest BCUT2D eigenvalue weighted by Crippen LogP contribution is -1.96. The monoisotopic (exact) mass is 479 g/mol. The lowest BCUT2D eigenvalue weighted by molar-refractivity contribution is 0.174. The van der Waals surface area contributed by atoms with Crippen molar-refractivity contribution in [2.45, 2.75) is 6.92 Å². The third kappa shape index (κ3) is 4.48. The fourth-order valence-corrected chi connectivity index (χ4v) is 4.49. The first-order valence-corrected chi connectivity index (χ1v) is 11.8. The lowest BCUT2D eigenvalue weighted by Gasteiger charge is -2.17. The Labute approximate surface area is 211 Å². The SMILES string of the molecule is CNc1cc2c(cc1/C=C(\C)c1cc(OC)c(OC)c(-c3ccc(-c4ccccc4)cc3)c1)OCO2. The van der Waals surface area contributed by atoms with Gasteiger partial charge in [-0.25, -0.2) is 0 Å². The standard InChI is InChI=1S/C31H29NO4/c1-20(14-25-17-28-29(36-19-35-28)18-27(25)32-2)24-15-26(31(34-4)30(16-24)33-3)23-12-10-22(11-13-23)21-8-6-5-7-9-21/h5-18,32H,19H2,1-4H3/b20-14+. The highest BCUT2D eigenvalue weighted by atomic mass is 16.7. The molecule has 36 heavy (non-hydrogen) atoms. The third-order valence-corrected chi connectivity index (χ3v) is 6.42. The Morgan fingerprint density at radius 1 is 0.806 bits per heavy atom. The molecule has 0 aliphatic carbocycles. The molecule has 0 fully saturated rings. The Hall–Kier alpha value is -4.38. The molecule has 0 unspecified atom stereocenters. The number of ether oxygens (including phenoxy) is 4. The quantitative estimate of drug-likeness (QED) is 0.281. The zero-order valence-corrected chi connectivity index (χ0v) is 20.9. The van der Waals surface area contributed by atoms with Gasteiger partial charge in [0.1, 0.15) is 0 Å². The molecule has 0 radical (unpaired) electrons. The minimum absolute atomic E-state index is 0.243. The van der Waals surface area contributed by atoms with Crippen LogP contribution in [0.15, 0.2) is 78.9 Å². The molecule has 0 atom stereocenters. The molecule has 1 aliphatic heterocycles. The van der Waals surface area contributed by atoms with Crippen LogP contribution in [0.3, 0.4) is 0 Å². The highest BCUT2D eigenvalue weighted by Crippen LogP contribution is 2.42. The fourth-order valence-electron chi connectivity index (χ4n) is 4.49. The van der Waals surface area contributed by atoms with Crippen LogP contribution < -0.4 is 24.3 Å². The largest absolute Gasteiger partial charge is 0.493 e. The Bertz CT molecular complexity index is 1410. The predicted octanol–water partition coefficient (Wildman–Crippen LogP) is 7.37. The summed E-state index contributed by atoms with van der Waals surface area (Å²) in [5.41, 5.74) is 8.48. The molecule has 0 bridgehead atoms. The van der Waals surface area contributed by atoms with Crippen molar-refractivity contribution in [1.29, 1.82) is 0 Å². The highest BCUT2D eigenvalue weighted by molar-refractivity contribution is 5.89. The van der Waals surface area contributed by atoms with Gasteiger partial charge in [-0.15, -0.1) is 0 Å². The van der Waals surface area contributed by atoms with Crippen molar-refractivity contribution in [2.24, 2.45) is 0 Å². The normalized spacial score (nSPS) is 12.4. The van der Waals surface area contributed by atoms with Crippen molar-refractivity contribution in [3.05, 3.63) is 90.0 Å². The molecule has 182 valence electrons. The number of hydrogen-bond donors (Lipinski definition) is 1. The molecule has 5 nitrogen and oxygen atoms in total. The molecule has 0 aromatic heterocycles. The number of fused-ring (bicyclic) bond motifs is 1. The maximum Gasteiger partial charge on any atom is 0.231 e. The molecule has 4 aromatic rings. The molecule has 1 aliphatic rings. The van der Waals surface area contributed by atoms with Crippen molar-refractivity contribution in [2.75, 3.05) is 33.4 Å². The van der Waals surface area contributed by atoms with Crippen molar-refractivity contribution in [1.82, 2.24) is 0 Å². The van der Waals surface area contributed by atoms with Gasteiger partial charge in [0.15, 0.2) is 23.0 Å². The molecule has 1 heterocycles. The number of nitrogens with one attached hydrogen (secondary N) is 1. The maximum absolute atomic E-state index is 5.79. The van der Waals surface area contributed by atoms with Gasteiger partial charge in [-0.3, -0.25) is 0 Å². The van der Waals surface area contributed by atoms with Gasteiger partial charge in [-0.1, -0.05) is 54.6 Å². The van der Waals surface area contributed by atoms with Crippen LogP contribution in [0.4, 0.5) is 5.69 Å². The van der Waals surface area contributed by atoms with Crippen molar-refractivity contribution < 1.29 is 18.9 Å². The summed E-state index contributed by atoms with van der Waals surface area (Å²) in [5, 5.41) is 3.25. The van der Waals surface area contributed by atoms with Crippen LogP contribution in [0, 0.1) is 0 Å². The number of methoxy groups -OCH3 is 2. The summed E-state index contributed by atoms with van der Waals surface area (Å²) >= 11 is 0. The summed E-state index contributed by atoms with van der Waals surface area (Å²) in [6, 6.07) is 27.0. The molecule has 0 amide bonds. The van der Waals surface area contributed by atoms with Crippen LogP contribution in [0.2, 0.25) is 0 Å². The van der Waals surface area contributed by atoms with Crippen LogP contribution in [0.5, 0.6) is 23.0 Å². The molecule has 0 saturated carbocycles. The Morgan fingerprint density at radius 2 is 1.47 bits per heavy atom. The van der Waals surface area contributed by atoms with Crippen molar-refractivity contribution >= 4 is 17.3 Å². The highest BCUT2D eigenvalue weighted by Gasteiger charge is 2.18. The van der Waals surface area contributed by atoms with E-state index in [1.807, 2.05) is 31.3 Å². The number of hydrogen-bond acceptors (Lipinski definition) is 5. The first-order valence-electron chi connectivity index (χ1n) is 11.8. The minimum Gasteiger partial charge on any atom is -0.493 e. The molecule has 0 spiro atoms. The van der Waals surface area contributed by atoms with E-state index in [9.17, 15) is 0 Å². The fraction of sp³-hybridized carbons (Fsp3) is 0.161. The topological polar surface area (TPSA) is 49.0 Å². The van der Waals surface area contributed by atoms with Crippen molar-refractivity contribution in [3.8, 4) is 45.3 Å². The van der Waals surface area contributed by atoms with E-state index in [1.165, 1.54) is 11.1 Å². The summed E-state index contributed by atoms with van der Waals surface area (Å²) in [5.74, 6) is 2.89. The van der Waals surface area contributed by atoms with Crippen LogP contribution in [0.1, 0.15) is 18.1 Å². The van der Waals surface area contributed by atoms with Crippen molar-refractivity contribution in [3.63, 3.8) is 0 Å². The summed E-state index contributed by atoms with van der Waals surface area (Å²) < 4.78 is 22.7. The average molecular weight is 480 g/mol. The molecule has 5 rings (SSSR count). The Morgan fingerprint density at radius 3 is 2.14 bits per heavy atom. The van der Waals surface area contributed by atoms with Crippen LogP contribution in [-0.2, 0) is 0 Å². The third-order valence-electron chi connectivity index (χ3n) is 6.42. The molecule has 4 aromatic carbocycles. The van der Waals surface area contributed by atoms with E-state index in [0.717, 1.165) is 45.0 Å². The number of benzene rings is 4. The van der Waals surface area contributed by atoms with Gasteiger partial charge in [-0.05, 0) is 59.0 Å². The molecular formula is C31H29NO4. The molecule has 0 saturated heterocycles. The van der Waals surface area contributed by atoms with Gasteiger partial charge in [0.25, 0.3) is 0 Å². The molecule has 5 heteroatoms. The summed E-state index contributed by atoms with van der Waals surface area (Å²) in [6.45, 7) is 2.33. The van der Waals surface area contributed by atoms with E-state index in [4.69, 9.17) is 18.9 Å². The van der Waals surface area contributed by atoms with Gasteiger partial charge in [0.05, 0.1) is 14.2 Å². The van der Waals surface area contributed by atoms with Gasteiger partial charge in [-0.2, -0.15) is 0 Å². The predicted molar refractivity (Wildman–Crippen MR) is 146 cm³/mol. The van der Waals surface area contributed by atoms with E-state index < -0.39 is 0 Å². The average Bonchev–Trinajstić information content (AvgIpc) is 3.39. The number of rotatable bonds is 7. The Kier molecular flexibility index (Phi) is 6.54. The lowest BCUT2D eigenvalue weighted by atomic mass is 9.95. The van der Waals surface area contributed by atoms with Gasteiger partial charge < -0.3 is 24.3 Å². The molecule has 1 N–H and O–H groups in total. The summed E-state index contributed by atoms with van der Waals surface area (Å²) in [6.07, 6.45) is 2.14. The summed E-state index contributed by atoms with van der Waals surface area (Å²) in [4.78, 5) is 0. The first kappa shape index (κ1) is 23.4. The van der Waals surface area contributed by atoms with E-state index in [2.05, 4.69) is 72.9 Å². The van der Waals surface area contributed by atoms with E-state index >= 15 is 0 Å². The maximum atomic E-state index is 5.79. The van der Waals surface area contributed by atoms with E-state index in [1.54, 1.807) is 14.2 Å². The second-order valence-electron chi connectivity index (χ2n) is 8.57. The van der Waals surface area contributed by atoms with E-state index in [0.29, 0.717) is 11.5 Å². The van der Waals surface area contributed by atoms with Crippen LogP contribution in [-0.4, -0.2) is 28.1 Å². The zero-order chi connectivity index (χ0) is 25.1. The van der Waals surface area contributed by atoms with E-state index in [-0.39, 0.29) is 6.79 Å². The van der Waals surface area contributed by atoms with Crippen LogP contribution >= 0.6 is 0 Å². The van der Waals surface area contributed by atoms with Gasteiger partial charge in [0.2, 0.25) is 6.79 Å². The number of anilines is 1. The van der Waals surface area contributed by atoms with Gasteiger partial charge >= 0.3 is 0 Å². The summed E-state index contributed by atoms with van der Waals surface area (Å²) in [7, 11) is 5.24. The Balaban J connectivity index is 1.57. The van der Waals surface area contributed by atoms with Crippen LogP contribution in [0.25, 0.3) is 33.9 Å². The second-order valence-corrected chi connectivity index (χ2v) is 8.57. The first-order chi connectivity index (χ1) is 17.6. The van der Waals surface area contributed by atoms with Gasteiger partial charge in [0, 0.05) is 29.9 Å².